The van der Waals surface area contributed by atoms with E-state index < -0.39 is 15.2 Å². The Morgan fingerprint density at radius 3 is 2.31 bits per heavy atom. The average molecular weight is 264 g/mol. The number of ether oxygens (including phenoxy) is 1. The van der Waals surface area contributed by atoms with Crippen molar-refractivity contribution in [1.82, 2.24) is 4.31 Å². The Morgan fingerprint density at radius 1 is 1.31 bits per heavy atom. The Kier molecular flexibility index (Phi) is 4.58. The Hall–Kier alpha value is -0.780. The van der Waals surface area contributed by atoms with E-state index in [0.717, 1.165) is 11.3 Å². The number of sulfonamides is 1. The first-order chi connectivity index (χ1) is 7.49. The summed E-state index contributed by atoms with van der Waals surface area (Å²) in [6, 6.07) is 7.21. The van der Waals surface area contributed by atoms with Crippen molar-refractivity contribution in [2.75, 3.05) is 19.4 Å². The normalized spacial score (nSPS) is 11.8. The fourth-order valence-corrected chi connectivity index (χ4v) is 2.18. The average Bonchev–Trinajstić information content (AvgIpc) is 2.30. The number of hydrogen-bond acceptors (Lipinski definition) is 3. The van der Waals surface area contributed by atoms with Gasteiger partial charge in [-0.05, 0) is 17.7 Å². The number of rotatable bonds is 5. The molecule has 0 bridgehead atoms. The standard InChI is InChI=1S/C10H14ClNO3S/c1-12(16(13,14)8-11)7-9-3-5-10(15-2)6-4-9/h3-6H,7-8H2,1-2H3. The molecule has 0 aromatic heterocycles. The first-order valence-electron chi connectivity index (χ1n) is 4.62. The molecule has 0 saturated heterocycles. The third-order valence-corrected chi connectivity index (χ3v) is 4.36. The number of hydrogen-bond donors (Lipinski definition) is 0. The highest BCUT2D eigenvalue weighted by Crippen LogP contribution is 2.14. The van der Waals surface area contributed by atoms with E-state index in [1.54, 1.807) is 19.2 Å². The maximum atomic E-state index is 11.4. The van der Waals surface area contributed by atoms with E-state index in [-0.39, 0.29) is 0 Å². The third-order valence-electron chi connectivity index (χ3n) is 2.18. The van der Waals surface area contributed by atoms with Gasteiger partial charge < -0.3 is 4.74 Å². The van der Waals surface area contributed by atoms with Gasteiger partial charge in [-0.25, -0.2) is 8.42 Å². The summed E-state index contributed by atoms with van der Waals surface area (Å²) >= 11 is 5.35. The topological polar surface area (TPSA) is 46.6 Å². The smallest absolute Gasteiger partial charge is 0.228 e. The largest absolute Gasteiger partial charge is 0.497 e. The molecule has 1 rings (SSSR count). The van der Waals surface area contributed by atoms with Crippen molar-refractivity contribution >= 4 is 21.6 Å². The number of nitrogens with zero attached hydrogens (tertiary/aromatic N) is 1. The highest BCUT2D eigenvalue weighted by atomic mass is 35.5. The maximum Gasteiger partial charge on any atom is 0.228 e. The van der Waals surface area contributed by atoms with E-state index >= 15 is 0 Å². The Labute approximate surface area is 101 Å². The van der Waals surface area contributed by atoms with Crippen LogP contribution in [-0.2, 0) is 16.6 Å². The van der Waals surface area contributed by atoms with E-state index in [1.165, 1.54) is 11.4 Å². The molecule has 0 aliphatic heterocycles. The van der Waals surface area contributed by atoms with Crippen LogP contribution in [0.2, 0.25) is 0 Å². The van der Waals surface area contributed by atoms with Gasteiger partial charge in [0.15, 0.2) is 0 Å². The molecule has 16 heavy (non-hydrogen) atoms. The van der Waals surface area contributed by atoms with Crippen LogP contribution in [0.5, 0.6) is 5.75 Å². The summed E-state index contributed by atoms with van der Waals surface area (Å²) in [6.45, 7) is 0.305. The number of methoxy groups -OCH3 is 1. The molecule has 6 heteroatoms. The zero-order chi connectivity index (χ0) is 12.2. The fourth-order valence-electron chi connectivity index (χ4n) is 1.17. The van der Waals surface area contributed by atoms with Crippen LogP contribution in [-0.4, -0.2) is 32.1 Å². The highest BCUT2D eigenvalue weighted by molar-refractivity contribution is 7.90. The molecule has 4 nitrogen and oxygen atoms in total. The molecule has 0 saturated carbocycles. The molecule has 90 valence electrons. The highest BCUT2D eigenvalue weighted by Gasteiger charge is 2.16. The lowest BCUT2D eigenvalue weighted by Crippen LogP contribution is -2.27. The molecular formula is C10H14ClNO3S. The minimum absolute atomic E-state index is 0.305. The Bertz CT molecular complexity index is 430. The van der Waals surface area contributed by atoms with Gasteiger partial charge in [0, 0.05) is 13.6 Å². The van der Waals surface area contributed by atoms with Gasteiger partial charge in [0.25, 0.3) is 0 Å². The Morgan fingerprint density at radius 2 is 1.88 bits per heavy atom. The van der Waals surface area contributed by atoms with E-state index in [2.05, 4.69) is 0 Å². The van der Waals surface area contributed by atoms with Gasteiger partial charge in [0.1, 0.15) is 11.0 Å². The van der Waals surface area contributed by atoms with Gasteiger partial charge in [-0.3, -0.25) is 0 Å². The Balaban J connectivity index is 2.74. The number of halogens is 1. The van der Waals surface area contributed by atoms with Crippen molar-refractivity contribution in [3.8, 4) is 5.75 Å². The molecule has 0 aliphatic rings. The maximum absolute atomic E-state index is 11.4. The van der Waals surface area contributed by atoms with Gasteiger partial charge in [-0.15, -0.1) is 11.6 Å². The molecule has 0 amide bonds. The van der Waals surface area contributed by atoms with Crippen molar-refractivity contribution in [3.05, 3.63) is 29.8 Å². The van der Waals surface area contributed by atoms with Gasteiger partial charge in [0.2, 0.25) is 10.0 Å². The van der Waals surface area contributed by atoms with Crippen molar-refractivity contribution in [2.24, 2.45) is 0 Å². The van der Waals surface area contributed by atoms with Crippen LogP contribution < -0.4 is 4.74 Å². The molecule has 0 N–H and O–H groups in total. The summed E-state index contributed by atoms with van der Waals surface area (Å²) in [6.07, 6.45) is 0. The van der Waals surface area contributed by atoms with Crippen LogP contribution >= 0.6 is 11.6 Å². The molecular weight excluding hydrogens is 250 g/mol. The minimum atomic E-state index is -3.34. The van der Waals surface area contributed by atoms with Crippen LogP contribution in [0.1, 0.15) is 5.56 Å². The summed E-state index contributed by atoms with van der Waals surface area (Å²) in [5, 5.41) is -0.403. The van der Waals surface area contributed by atoms with Crippen molar-refractivity contribution in [1.29, 1.82) is 0 Å². The predicted octanol–water partition coefficient (Wildman–Crippen LogP) is 1.65. The zero-order valence-electron chi connectivity index (χ0n) is 9.18. The second-order valence-electron chi connectivity index (χ2n) is 3.33. The molecule has 0 aliphatic carbocycles. The molecule has 0 atom stereocenters. The fraction of sp³-hybridized carbons (Fsp3) is 0.400. The summed E-state index contributed by atoms with van der Waals surface area (Å²) in [7, 11) is -0.260. The molecule has 0 radical (unpaired) electrons. The van der Waals surface area contributed by atoms with Crippen molar-refractivity contribution < 1.29 is 13.2 Å². The quantitative estimate of drug-likeness (QED) is 0.759. The third kappa shape index (κ3) is 3.37. The van der Waals surface area contributed by atoms with Crippen LogP contribution in [0.15, 0.2) is 24.3 Å². The minimum Gasteiger partial charge on any atom is -0.497 e. The SMILES string of the molecule is COc1ccc(CN(C)S(=O)(=O)CCl)cc1. The molecule has 0 spiro atoms. The van der Waals surface area contributed by atoms with Crippen molar-refractivity contribution in [2.45, 2.75) is 6.54 Å². The van der Waals surface area contributed by atoms with E-state index in [9.17, 15) is 8.42 Å². The number of alkyl halides is 1. The lowest BCUT2D eigenvalue weighted by atomic mass is 10.2. The second kappa shape index (κ2) is 5.52. The van der Waals surface area contributed by atoms with Crippen molar-refractivity contribution in [3.63, 3.8) is 0 Å². The molecule has 0 heterocycles. The first-order valence-corrected chi connectivity index (χ1v) is 6.77. The summed E-state index contributed by atoms with van der Waals surface area (Å²) in [5.41, 5.74) is 0.886. The lowest BCUT2D eigenvalue weighted by Gasteiger charge is -2.15. The van der Waals surface area contributed by atoms with Crippen LogP contribution in [0.3, 0.4) is 0 Å². The zero-order valence-corrected chi connectivity index (χ0v) is 10.8. The molecule has 0 unspecified atom stereocenters. The summed E-state index contributed by atoms with van der Waals surface area (Å²) < 4.78 is 29.0. The van der Waals surface area contributed by atoms with Gasteiger partial charge >= 0.3 is 0 Å². The van der Waals surface area contributed by atoms with Crippen LogP contribution in [0.25, 0.3) is 0 Å². The van der Waals surface area contributed by atoms with Gasteiger partial charge in [-0.2, -0.15) is 4.31 Å². The molecule has 1 aromatic rings. The van der Waals surface area contributed by atoms with Crippen LogP contribution in [0, 0.1) is 0 Å². The van der Waals surface area contributed by atoms with E-state index in [1.807, 2.05) is 12.1 Å². The molecule has 0 fully saturated rings. The van der Waals surface area contributed by atoms with E-state index in [4.69, 9.17) is 16.3 Å². The molecule has 1 aromatic carbocycles. The lowest BCUT2D eigenvalue weighted by molar-refractivity contribution is 0.414. The predicted molar refractivity (Wildman–Crippen MR) is 64.1 cm³/mol. The second-order valence-corrected chi connectivity index (χ2v) is 5.99. The van der Waals surface area contributed by atoms with Crippen LogP contribution in [0.4, 0.5) is 0 Å². The monoisotopic (exact) mass is 263 g/mol. The summed E-state index contributed by atoms with van der Waals surface area (Å²) in [5.74, 6) is 0.742. The first kappa shape index (κ1) is 13.3. The van der Waals surface area contributed by atoms with Gasteiger partial charge in [0.05, 0.1) is 7.11 Å². The summed E-state index contributed by atoms with van der Waals surface area (Å²) in [4.78, 5) is 0. The number of benzene rings is 1. The van der Waals surface area contributed by atoms with E-state index in [0.29, 0.717) is 6.54 Å². The van der Waals surface area contributed by atoms with Gasteiger partial charge in [-0.1, -0.05) is 12.1 Å².